The SMILES string of the molecule is COc1ccc(C(=O)c2ccccc2)c(O)c1Cc1cc(C(C)(C)CC(C)(C)C)cc(-n2nc3ccccc3n2)c1O. The lowest BCUT2D eigenvalue weighted by molar-refractivity contribution is 0.103. The van der Waals surface area contributed by atoms with Crippen LogP contribution >= 0.6 is 0 Å². The second kappa shape index (κ2) is 11.0. The zero-order valence-corrected chi connectivity index (χ0v) is 25.0. The Morgan fingerprint density at radius 3 is 2.05 bits per heavy atom. The van der Waals surface area contributed by atoms with Gasteiger partial charge in [0.05, 0.1) is 12.7 Å². The summed E-state index contributed by atoms with van der Waals surface area (Å²) >= 11 is 0. The van der Waals surface area contributed by atoms with Crippen molar-refractivity contribution < 1.29 is 19.7 Å². The number of methoxy groups -OCH3 is 1. The third-order valence-corrected chi connectivity index (χ3v) is 7.53. The molecule has 2 N–H and O–H groups in total. The summed E-state index contributed by atoms with van der Waals surface area (Å²) in [5.74, 6) is -0.0620. The molecule has 0 unspecified atom stereocenters. The van der Waals surface area contributed by atoms with Crippen LogP contribution in [0.3, 0.4) is 0 Å². The van der Waals surface area contributed by atoms with Crippen LogP contribution in [0.2, 0.25) is 0 Å². The van der Waals surface area contributed by atoms with Crippen LogP contribution in [0.5, 0.6) is 17.2 Å². The fourth-order valence-electron chi connectivity index (χ4n) is 5.85. The molecule has 5 aromatic rings. The maximum atomic E-state index is 13.3. The van der Waals surface area contributed by atoms with Crippen molar-refractivity contribution >= 4 is 16.8 Å². The molecule has 0 atom stereocenters. The van der Waals surface area contributed by atoms with Gasteiger partial charge in [0.25, 0.3) is 0 Å². The zero-order chi connectivity index (χ0) is 30.2. The van der Waals surface area contributed by atoms with E-state index < -0.39 is 0 Å². The van der Waals surface area contributed by atoms with Crippen molar-refractivity contribution in [3.8, 4) is 22.9 Å². The Balaban J connectivity index is 1.67. The van der Waals surface area contributed by atoms with E-state index in [4.69, 9.17) is 4.74 Å². The van der Waals surface area contributed by atoms with Crippen molar-refractivity contribution in [1.29, 1.82) is 0 Å². The Hall–Kier alpha value is -4.65. The molecule has 5 rings (SSSR count). The highest BCUT2D eigenvalue weighted by Gasteiger charge is 2.30. The van der Waals surface area contributed by atoms with Gasteiger partial charge < -0.3 is 14.9 Å². The van der Waals surface area contributed by atoms with Gasteiger partial charge >= 0.3 is 0 Å². The van der Waals surface area contributed by atoms with Gasteiger partial charge in [-0.2, -0.15) is 0 Å². The first kappa shape index (κ1) is 28.9. The van der Waals surface area contributed by atoms with Gasteiger partial charge in [0.1, 0.15) is 34.0 Å². The van der Waals surface area contributed by atoms with E-state index in [1.165, 1.54) is 11.9 Å². The topological polar surface area (TPSA) is 97.5 Å². The monoisotopic (exact) mass is 563 g/mol. The summed E-state index contributed by atoms with van der Waals surface area (Å²) in [7, 11) is 1.52. The van der Waals surface area contributed by atoms with Gasteiger partial charge in [-0.25, -0.2) is 0 Å². The number of phenols is 2. The molecule has 0 bridgehead atoms. The van der Waals surface area contributed by atoms with Crippen LogP contribution in [0.4, 0.5) is 0 Å². The quantitative estimate of drug-likeness (QED) is 0.191. The second-order valence-corrected chi connectivity index (χ2v) is 12.6. The summed E-state index contributed by atoms with van der Waals surface area (Å²) in [5.41, 5.74) is 4.25. The van der Waals surface area contributed by atoms with Crippen molar-refractivity contribution in [2.45, 2.75) is 52.9 Å². The molecule has 7 nitrogen and oxygen atoms in total. The Bertz CT molecular complexity index is 1730. The third-order valence-electron chi connectivity index (χ3n) is 7.53. The molecule has 0 aliphatic carbocycles. The Labute approximate surface area is 246 Å². The van der Waals surface area contributed by atoms with Gasteiger partial charge in [0.15, 0.2) is 5.78 Å². The van der Waals surface area contributed by atoms with E-state index in [0.717, 1.165) is 12.0 Å². The average Bonchev–Trinajstić information content (AvgIpc) is 3.38. The Morgan fingerprint density at radius 2 is 1.45 bits per heavy atom. The van der Waals surface area contributed by atoms with Gasteiger partial charge in [-0.05, 0) is 53.1 Å². The molecule has 216 valence electrons. The van der Waals surface area contributed by atoms with Crippen LogP contribution in [-0.4, -0.2) is 38.1 Å². The fraction of sp³-hybridized carbons (Fsp3) is 0.286. The number of hydrogen-bond acceptors (Lipinski definition) is 6. The molecule has 4 aromatic carbocycles. The molecule has 42 heavy (non-hydrogen) atoms. The van der Waals surface area contributed by atoms with E-state index in [0.29, 0.717) is 39.2 Å². The van der Waals surface area contributed by atoms with E-state index >= 15 is 0 Å². The molecular weight excluding hydrogens is 526 g/mol. The average molecular weight is 564 g/mol. The minimum atomic E-state index is -0.297. The van der Waals surface area contributed by atoms with E-state index in [9.17, 15) is 15.0 Å². The lowest BCUT2D eigenvalue weighted by Gasteiger charge is -2.33. The van der Waals surface area contributed by atoms with Gasteiger partial charge in [-0.3, -0.25) is 4.79 Å². The van der Waals surface area contributed by atoms with Crippen LogP contribution in [-0.2, 0) is 11.8 Å². The van der Waals surface area contributed by atoms with Gasteiger partial charge in [-0.1, -0.05) is 83.1 Å². The number of rotatable bonds is 8. The van der Waals surface area contributed by atoms with Gasteiger partial charge in [0.2, 0.25) is 0 Å². The summed E-state index contributed by atoms with van der Waals surface area (Å²) in [5, 5.41) is 32.4. The molecule has 0 spiro atoms. The van der Waals surface area contributed by atoms with Crippen molar-refractivity contribution in [2.24, 2.45) is 5.41 Å². The summed E-state index contributed by atoms with van der Waals surface area (Å²) < 4.78 is 5.61. The smallest absolute Gasteiger partial charge is 0.196 e. The number of aromatic hydroxyl groups is 2. The minimum Gasteiger partial charge on any atom is -0.507 e. The number of ether oxygens (including phenoxy) is 1. The summed E-state index contributed by atoms with van der Waals surface area (Å²) in [6.07, 6.45) is 0.998. The molecule has 1 heterocycles. The number of carbonyl (C=O) groups excluding carboxylic acids is 1. The molecular formula is C35H37N3O4. The van der Waals surface area contributed by atoms with Crippen LogP contribution < -0.4 is 4.74 Å². The predicted octanol–water partition coefficient (Wildman–Crippen LogP) is 7.38. The molecule has 0 aliphatic rings. The number of phenolic OH excluding ortho intramolecular Hbond substituents is 2. The number of carbonyl (C=O) groups is 1. The van der Waals surface area contributed by atoms with Crippen LogP contribution in [0.15, 0.2) is 78.9 Å². The van der Waals surface area contributed by atoms with Crippen molar-refractivity contribution in [3.05, 3.63) is 107 Å². The molecule has 0 fully saturated rings. The maximum absolute atomic E-state index is 13.3. The first-order chi connectivity index (χ1) is 19.9. The number of benzene rings is 4. The molecule has 0 saturated heterocycles. The number of hydrogen-bond donors (Lipinski definition) is 2. The maximum Gasteiger partial charge on any atom is 0.196 e. The number of ketones is 1. The van der Waals surface area contributed by atoms with Gasteiger partial charge in [-0.15, -0.1) is 15.0 Å². The van der Waals surface area contributed by atoms with Gasteiger partial charge in [0, 0.05) is 23.1 Å². The highest BCUT2D eigenvalue weighted by atomic mass is 16.5. The fourth-order valence-corrected chi connectivity index (χ4v) is 5.85. The normalized spacial score (nSPS) is 12.0. The minimum absolute atomic E-state index is 0.00754. The largest absolute Gasteiger partial charge is 0.507 e. The van der Waals surface area contributed by atoms with Crippen LogP contribution in [0.1, 0.15) is 73.7 Å². The first-order valence-corrected chi connectivity index (χ1v) is 14.1. The Morgan fingerprint density at radius 1 is 0.833 bits per heavy atom. The van der Waals surface area contributed by atoms with Crippen LogP contribution in [0.25, 0.3) is 16.7 Å². The highest BCUT2D eigenvalue weighted by molar-refractivity contribution is 6.11. The number of nitrogens with zero attached hydrogens (tertiary/aromatic N) is 3. The van der Waals surface area contributed by atoms with Crippen molar-refractivity contribution in [3.63, 3.8) is 0 Å². The van der Waals surface area contributed by atoms with Crippen molar-refractivity contribution in [2.75, 3.05) is 7.11 Å². The first-order valence-electron chi connectivity index (χ1n) is 14.1. The zero-order valence-electron chi connectivity index (χ0n) is 25.0. The second-order valence-electron chi connectivity index (χ2n) is 12.6. The number of fused-ring (bicyclic) bond motifs is 1. The molecule has 0 radical (unpaired) electrons. The predicted molar refractivity (Wildman–Crippen MR) is 165 cm³/mol. The molecule has 0 amide bonds. The molecule has 0 aliphatic heterocycles. The highest BCUT2D eigenvalue weighted by Crippen LogP contribution is 2.42. The van der Waals surface area contributed by atoms with E-state index in [1.54, 1.807) is 36.4 Å². The lowest BCUT2D eigenvalue weighted by Crippen LogP contribution is -2.25. The summed E-state index contributed by atoms with van der Waals surface area (Å²) in [6.45, 7) is 11.0. The summed E-state index contributed by atoms with van der Waals surface area (Å²) in [6, 6.07) is 23.5. The lowest BCUT2D eigenvalue weighted by atomic mass is 9.72. The molecule has 0 saturated carbocycles. The molecule has 1 aromatic heterocycles. The third kappa shape index (κ3) is 5.73. The summed E-state index contributed by atoms with van der Waals surface area (Å²) in [4.78, 5) is 14.8. The number of aromatic nitrogens is 3. The standard InChI is InChI=1S/C35H37N3O4/c1-34(2,3)21-35(4,5)24-18-23(32(40)29(20-24)38-36-27-14-10-11-15-28(27)37-38)19-26-30(42-6)17-16-25(33(26)41)31(39)22-12-8-7-9-13-22/h7-18,20,40-41H,19,21H2,1-6H3. The van der Waals surface area contributed by atoms with E-state index in [1.807, 2.05) is 42.5 Å². The Kier molecular flexibility index (Phi) is 7.54. The van der Waals surface area contributed by atoms with E-state index in [-0.39, 0.29) is 40.1 Å². The van der Waals surface area contributed by atoms with E-state index in [2.05, 4.69) is 44.8 Å². The molecule has 7 heteroatoms. The van der Waals surface area contributed by atoms with Crippen LogP contribution in [0, 0.1) is 5.41 Å². The van der Waals surface area contributed by atoms with Crippen molar-refractivity contribution in [1.82, 2.24) is 15.0 Å².